The van der Waals surface area contributed by atoms with E-state index in [1.54, 1.807) is 0 Å². The van der Waals surface area contributed by atoms with E-state index in [9.17, 15) is 5.11 Å². The van der Waals surface area contributed by atoms with Crippen molar-refractivity contribution >= 4 is 0 Å². The summed E-state index contributed by atoms with van der Waals surface area (Å²) < 4.78 is 0. The maximum Gasteiger partial charge on any atom is 0.116 e. The van der Waals surface area contributed by atoms with E-state index >= 15 is 0 Å². The van der Waals surface area contributed by atoms with Gasteiger partial charge in [0.25, 0.3) is 0 Å². The fourth-order valence-corrected chi connectivity index (χ4v) is 4.05. The number of phenolic OH excluding ortho intramolecular Hbond substituents is 1. The van der Waals surface area contributed by atoms with Crippen molar-refractivity contribution in [2.45, 2.75) is 32.2 Å². The molecular weight excluding hydrogens is 258 g/mol. The highest BCUT2D eigenvalue weighted by Crippen LogP contribution is 2.45. The third kappa shape index (κ3) is 1.97. The summed E-state index contributed by atoms with van der Waals surface area (Å²) in [6, 6.07) is 13.0. The fraction of sp³-hybridized carbons (Fsp3) is 0.368. The monoisotopic (exact) mass is 279 g/mol. The molecule has 1 N–H and O–H groups in total. The number of hydrogen-bond acceptors (Lipinski definition) is 2. The molecule has 1 atom stereocenters. The van der Waals surface area contributed by atoms with Crippen LogP contribution in [0.25, 0.3) is 11.1 Å². The van der Waals surface area contributed by atoms with Crippen molar-refractivity contribution in [3.8, 4) is 16.9 Å². The van der Waals surface area contributed by atoms with Gasteiger partial charge in [-0.25, -0.2) is 0 Å². The molecule has 1 heterocycles. The van der Waals surface area contributed by atoms with Crippen molar-refractivity contribution in [3.05, 3.63) is 53.1 Å². The average Bonchev–Trinajstić information content (AvgIpc) is 2.51. The van der Waals surface area contributed by atoms with Gasteiger partial charge in [-0.1, -0.05) is 31.2 Å². The van der Waals surface area contributed by atoms with Gasteiger partial charge < -0.3 is 5.11 Å². The molecule has 2 heteroatoms. The fourth-order valence-electron chi connectivity index (χ4n) is 4.05. The molecule has 2 nitrogen and oxygen atoms in total. The highest BCUT2D eigenvalue weighted by atomic mass is 16.3. The second-order valence-electron chi connectivity index (χ2n) is 6.23. The molecule has 108 valence electrons. The van der Waals surface area contributed by atoms with E-state index in [2.05, 4.69) is 36.1 Å². The zero-order valence-electron chi connectivity index (χ0n) is 12.5. The molecule has 0 spiro atoms. The van der Waals surface area contributed by atoms with Crippen LogP contribution in [0.4, 0.5) is 0 Å². The first-order chi connectivity index (χ1) is 10.3. The first kappa shape index (κ1) is 12.9. The van der Waals surface area contributed by atoms with Crippen LogP contribution in [0.1, 0.15) is 36.1 Å². The van der Waals surface area contributed by atoms with Gasteiger partial charge in [0.15, 0.2) is 0 Å². The third-order valence-corrected chi connectivity index (χ3v) is 4.95. The molecule has 21 heavy (non-hydrogen) atoms. The minimum Gasteiger partial charge on any atom is -0.508 e. The summed E-state index contributed by atoms with van der Waals surface area (Å²) in [7, 11) is 0. The van der Waals surface area contributed by atoms with E-state index < -0.39 is 0 Å². The Morgan fingerprint density at radius 1 is 1.14 bits per heavy atom. The van der Waals surface area contributed by atoms with Crippen LogP contribution in [0, 0.1) is 0 Å². The third-order valence-electron chi connectivity index (χ3n) is 4.95. The molecule has 1 aliphatic carbocycles. The van der Waals surface area contributed by atoms with E-state index in [4.69, 9.17) is 0 Å². The Hall–Kier alpha value is -1.80. The zero-order chi connectivity index (χ0) is 14.4. The Kier molecular flexibility index (Phi) is 3.00. The molecule has 0 saturated carbocycles. The molecule has 0 unspecified atom stereocenters. The van der Waals surface area contributed by atoms with Crippen molar-refractivity contribution in [2.75, 3.05) is 13.1 Å². The van der Waals surface area contributed by atoms with Crippen LogP contribution in [-0.2, 0) is 12.8 Å². The Morgan fingerprint density at radius 3 is 2.90 bits per heavy atom. The molecule has 2 aromatic carbocycles. The summed E-state index contributed by atoms with van der Waals surface area (Å²) in [4.78, 5) is 2.64. The second-order valence-corrected chi connectivity index (χ2v) is 6.23. The van der Waals surface area contributed by atoms with Gasteiger partial charge in [0.05, 0.1) is 0 Å². The maximum atomic E-state index is 9.85. The lowest BCUT2D eigenvalue weighted by atomic mass is 9.77. The van der Waals surface area contributed by atoms with Crippen LogP contribution < -0.4 is 0 Å². The first-order valence-corrected chi connectivity index (χ1v) is 7.96. The van der Waals surface area contributed by atoms with Crippen molar-refractivity contribution < 1.29 is 5.11 Å². The van der Waals surface area contributed by atoms with Crippen molar-refractivity contribution in [2.24, 2.45) is 0 Å². The summed E-state index contributed by atoms with van der Waals surface area (Å²) in [5.41, 5.74) is 6.93. The van der Waals surface area contributed by atoms with Gasteiger partial charge in [0.1, 0.15) is 5.75 Å². The Morgan fingerprint density at radius 2 is 2.05 bits per heavy atom. The Balaban J connectivity index is 1.91. The van der Waals surface area contributed by atoms with Gasteiger partial charge in [-0.2, -0.15) is 0 Å². The average molecular weight is 279 g/mol. The number of hydrogen-bond donors (Lipinski definition) is 1. The number of benzene rings is 2. The van der Waals surface area contributed by atoms with Crippen molar-refractivity contribution in [1.82, 2.24) is 4.90 Å². The molecule has 0 amide bonds. The topological polar surface area (TPSA) is 23.5 Å². The largest absolute Gasteiger partial charge is 0.508 e. The molecule has 0 radical (unpaired) electrons. The van der Waals surface area contributed by atoms with Crippen LogP contribution in [0.5, 0.6) is 5.75 Å². The van der Waals surface area contributed by atoms with Gasteiger partial charge in [-0.15, -0.1) is 0 Å². The van der Waals surface area contributed by atoms with E-state index in [1.165, 1.54) is 47.3 Å². The van der Waals surface area contributed by atoms with E-state index in [0.717, 1.165) is 12.8 Å². The van der Waals surface area contributed by atoms with Crippen LogP contribution in [-0.4, -0.2) is 23.1 Å². The number of nitrogens with zero attached hydrogens (tertiary/aromatic N) is 1. The predicted octanol–water partition coefficient (Wildman–Crippen LogP) is 3.92. The number of rotatable bonds is 2. The standard InChI is InChI=1S/C19H21NO/c1-2-9-20-10-8-13-4-3-5-16-17-12-15(21)7-6-14(17)11-18(20)19(13)16/h3-7,12,18,21H,2,8-11H2,1H3/t18-/m1/s1. The highest BCUT2D eigenvalue weighted by molar-refractivity contribution is 5.76. The predicted molar refractivity (Wildman–Crippen MR) is 85.6 cm³/mol. The summed E-state index contributed by atoms with van der Waals surface area (Å²) in [5, 5.41) is 9.85. The summed E-state index contributed by atoms with van der Waals surface area (Å²) in [6.07, 6.45) is 3.42. The zero-order valence-corrected chi connectivity index (χ0v) is 12.5. The maximum absolute atomic E-state index is 9.85. The van der Waals surface area contributed by atoms with E-state index in [-0.39, 0.29) is 0 Å². The van der Waals surface area contributed by atoms with Gasteiger partial charge in [-0.05, 0) is 65.8 Å². The van der Waals surface area contributed by atoms with Crippen LogP contribution in [0.2, 0.25) is 0 Å². The molecule has 2 aromatic rings. The molecule has 4 rings (SSSR count). The van der Waals surface area contributed by atoms with Gasteiger partial charge in [0, 0.05) is 12.6 Å². The highest BCUT2D eigenvalue weighted by Gasteiger charge is 2.33. The lowest BCUT2D eigenvalue weighted by Crippen LogP contribution is -2.38. The molecule has 0 bridgehead atoms. The summed E-state index contributed by atoms with van der Waals surface area (Å²) in [6.45, 7) is 4.60. The van der Waals surface area contributed by atoms with Crippen LogP contribution in [0.15, 0.2) is 36.4 Å². The first-order valence-electron chi connectivity index (χ1n) is 7.96. The quantitative estimate of drug-likeness (QED) is 0.900. The molecule has 1 aliphatic heterocycles. The van der Waals surface area contributed by atoms with Crippen LogP contribution in [0.3, 0.4) is 0 Å². The molecular formula is C19H21NO. The summed E-state index contributed by atoms with van der Waals surface area (Å²) in [5.74, 6) is 0.367. The van der Waals surface area contributed by atoms with Crippen molar-refractivity contribution in [1.29, 1.82) is 0 Å². The van der Waals surface area contributed by atoms with Gasteiger partial charge in [0.2, 0.25) is 0 Å². The van der Waals surface area contributed by atoms with Gasteiger partial charge >= 0.3 is 0 Å². The second kappa shape index (κ2) is 4.88. The van der Waals surface area contributed by atoms with E-state index in [0.29, 0.717) is 11.8 Å². The number of aromatic hydroxyl groups is 1. The SMILES string of the molecule is CCCN1CCc2cccc3c2[C@H]1Cc1ccc(O)cc1-3. The summed E-state index contributed by atoms with van der Waals surface area (Å²) >= 11 is 0. The minimum atomic E-state index is 0.367. The molecule has 0 saturated heterocycles. The van der Waals surface area contributed by atoms with Crippen LogP contribution >= 0.6 is 0 Å². The molecule has 0 fully saturated rings. The normalized spacial score (nSPS) is 20.0. The molecule has 0 aromatic heterocycles. The van der Waals surface area contributed by atoms with Crippen molar-refractivity contribution in [3.63, 3.8) is 0 Å². The number of phenols is 1. The smallest absolute Gasteiger partial charge is 0.116 e. The lowest BCUT2D eigenvalue weighted by molar-refractivity contribution is 0.183. The van der Waals surface area contributed by atoms with Gasteiger partial charge in [-0.3, -0.25) is 4.90 Å². The lowest BCUT2D eigenvalue weighted by Gasteiger charge is -2.41. The van der Waals surface area contributed by atoms with E-state index in [1.807, 2.05) is 12.1 Å². The molecule has 2 aliphatic rings. The Bertz CT molecular complexity index is 692. The Labute approximate surface area is 126 Å². The number of fused-ring (bicyclic) bond motifs is 2. The minimum absolute atomic E-state index is 0.367.